The lowest BCUT2D eigenvalue weighted by atomic mass is 10.0. The summed E-state index contributed by atoms with van der Waals surface area (Å²) in [5, 5.41) is 3.28. The van der Waals surface area contributed by atoms with Crippen LogP contribution in [0.15, 0.2) is 5.38 Å². The molecule has 0 amide bonds. The van der Waals surface area contributed by atoms with Crippen molar-refractivity contribution in [3.63, 3.8) is 0 Å². The third-order valence-corrected chi connectivity index (χ3v) is 5.47. The number of rotatable bonds is 1. The molecule has 1 saturated heterocycles. The van der Waals surface area contributed by atoms with E-state index in [0.717, 1.165) is 17.4 Å². The molecule has 1 aromatic rings. The van der Waals surface area contributed by atoms with Gasteiger partial charge in [-0.05, 0) is 27.2 Å². The Balaban J connectivity index is 2.28. The molecule has 0 aromatic carbocycles. The van der Waals surface area contributed by atoms with E-state index in [4.69, 9.17) is 0 Å². The number of thiazole rings is 1. The van der Waals surface area contributed by atoms with Gasteiger partial charge in [0.2, 0.25) is 0 Å². The van der Waals surface area contributed by atoms with E-state index in [1.165, 1.54) is 6.42 Å². The zero-order valence-corrected chi connectivity index (χ0v) is 11.2. The Hall–Kier alpha value is -0.0900. The fourth-order valence-corrected chi connectivity index (χ4v) is 3.29. The summed E-state index contributed by atoms with van der Waals surface area (Å²) in [5.74, 6) is 0. The third-order valence-electron chi connectivity index (χ3n) is 2.91. The van der Waals surface area contributed by atoms with Gasteiger partial charge in [0.25, 0.3) is 0 Å². The number of aryl methyl sites for hydroxylation is 1. The van der Waals surface area contributed by atoms with Crippen LogP contribution in [0.25, 0.3) is 0 Å². The maximum Gasteiger partial charge on any atom is 0.185 e. The predicted molar refractivity (Wildman–Crippen MR) is 65.6 cm³/mol. The number of anilines is 1. The van der Waals surface area contributed by atoms with Gasteiger partial charge in [-0.3, -0.25) is 0 Å². The maximum absolute atomic E-state index is 4.55. The van der Waals surface area contributed by atoms with Crippen molar-refractivity contribution in [3.8, 4) is 0 Å². The Morgan fingerprint density at radius 3 is 2.79 bits per heavy atom. The molecule has 0 radical (unpaired) electrons. The maximum atomic E-state index is 4.55. The van der Waals surface area contributed by atoms with E-state index in [2.05, 4.69) is 52.0 Å². The van der Waals surface area contributed by atoms with Crippen molar-refractivity contribution in [2.75, 3.05) is 11.4 Å². The highest BCUT2D eigenvalue weighted by atomic mass is 79.9. The first-order valence-corrected chi connectivity index (χ1v) is 6.65. The molecule has 2 rings (SSSR count). The van der Waals surface area contributed by atoms with E-state index in [9.17, 15) is 0 Å². The Morgan fingerprint density at radius 1 is 1.64 bits per heavy atom. The van der Waals surface area contributed by atoms with Crippen molar-refractivity contribution < 1.29 is 0 Å². The van der Waals surface area contributed by atoms with Crippen molar-refractivity contribution in [2.45, 2.75) is 37.6 Å². The molecule has 1 aliphatic rings. The van der Waals surface area contributed by atoms with Gasteiger partial charge in [0.15, 0.2) is 5.13 Å². The summed E-state index contributed by atoms with van der Waals surface area (Å²) in [7, 11) is 0. The average molecular weight is 275 g/mol. The molecule has 1 fully saturated rings. The summed E-state index contributed by atoms with van der Waals surface area (Å²) in [6.45, 7) is 7.71. The molecule has 78 valence electrons. The van der Waals surface area contributed by atoms with Crippen molar-refractivity contribution in [1.29, 1.82) is 0 Å². The van der Waals surface area contributed by atoms with Gasteiger partial charge in [-0.2, -0.15) is 0 Å². The fourth-order valence-electron chi connectivity index (χ4n) is 1.86. The third kappa shape index (κ3) is 1.58. The summed E-state index contributed by atoms with van der Waals surface area (Å²) in [5.41, 5.74) is 1.31. The summed E-state index contributed by atoms with van der Waals surface area (Å²) < 4.78 is 0. The minimum absolute atomic E-state index is 0.185. The number of alkyl halides is 1. The number of hydrogen-bond donors (Lipinski definition) is 0. The van der Waals surface area contributed by atoms with E-state index in [0.29, 0.717) is 4.83 Å². The molecule has 0 bridgehead atoms. The Kier molecular flexibility index (Phi) is 2.60. The number of nitrogens with zero attached hydrogens (tertiary/aromatic N) is 2. The minimum atomic E-state index is 0.185. The highest BCUT2D eigenvalue weighted by molar-refractivity contribution is 9.09. The van der Waals surface area contributed by atoms with E-state index < -0.39 is 0 Å². The van der Waals surface area contributed by atoms with Crippen molar-refractivity contribution in [1.82, 2.24) is 4.98 Å². The summed E-state index contributed by atoms with van der Waals surface area (Å²) in [6, 6.07) is 0. The molecular weight excluding hydrogens is 260 g/mol. The first-order chi connectivity index (χ1) is 6.51. The second kappa shape index (κ2) is 3.49. The quantitative estimate of drug-likeness (QED) is 0.732. The van der Waals surface area contributed by atoms with Crippen LogP contribution < -0.4 is 4.90 Å². The zero-order chi connectivity index (χ0) is 10.3. The lowest BCUT2D eigenvalue weighted by Crippen LogP contribution is -2.43. The Bertz CT molecular complexity index is 335. The molecular formula is C10H15BrN2S. The van der Waals surface area contributed by atoms with Crippen LogP contribution in [-0.2, 0) is 0 Å². The van der Waals surface area contributed by atoms with Gasteiger partial charge in [-0.25, -0.2) is 4.98 Å². The molecule has 0 N–H and O–H groups in total. The summed E-state index contributed by atoms with van der Waals surface area (Å²) in [4.78, 5) is 7.52. The molecule has 4 heteroatoms. The summed E-state index contributed by atoms with van der Waals surface area (Å²) >= 11 is 5.48. The summed E-state index contributed by atoms with van der Waals surface area (Å²) in [6.07, 6.45) is 1.20. The molecule has 0 aliphatic carbocycles. The fraction of sp³-hybridized carbons (Fsp3) is 0.700. The standard InChI is InChI=1S/C10H15BrN2S/c1-7-6-14-9(12-7)13-5-4-8(11)10(13,2)3/h6,8H,4-5H2,1-3H3. The van der Waals surface area contributed by atoms with Crippen LogP contribution in [0.5, 0.6) is 0 Å². The van der Waals surface area contributed by atoms with Gasteiger partial charge in [-0.1, -0.05) is 15.9 Å². The molecule has 14 heavy (non-hydrogen) atoms. The van der Waals surface area contributed by atoms with Crippen LogP contribution in [0.3, 0.4) is 0 Å². The minimum Gasteiger partial charge on any atom is -0.342 e. The predicted octanol–water partition coefficient (Wildman–Crippen LogP) is 3.20. The number of hydrogen-bond acceptors (Lipinski definition) is 3. The lowest BCUT2D eigenvalue weighted by Gasteiger charge is -2.33. The van der Waals surface area contributed by atoms with E-state index in [-0.39, 0.29) is 5.54 Å². The van der Waals surface area contributed by atoms with Crippen molar-refractivity contribution >= 4 is 32.4 Å². The van der Waals surface area contributed by atoms with Crippen LogP contribution >= 0.6 is 27.3 Å². The molecule has 2 nitrogen and oxygen atoms in total. The monoisotopic (exact) mass is 274 g/mol. The van der Waals surface area contributed by atoms with Crippen molar-refractivity contribution in [3.05, 3.63) is 11.1 Å². The zero-order valence-electron chi connectivity index (χ0n) is 8.75. The molecule has 1 atom stereocenters. The van der Waals surface area contributed by atoms with Gasteiger partial charge in [0, 0.05) is 22.3 Å². The number of aromatic nitrogens is 1. The second-order valence-corrected chi connectivity index (χ2v) is 6.27. The van der Waals surface area contributed by atoms with Crippen LogP contribution in [0.2, 0.25) is 0 Å². The molecule has 2 heterocycles. The van der Waals surface area contributed by atoms with Crippen LogP contribution in [0.1, 0.15) is 26.0 Å². The highest BCUT2D eigenvalue weighted by Crippen LogP contribution is 2.38. The molecule has 0 spiro atoms. The highest BCUT2D eigenvalue weighted by Gasteiger charge is 2.40. The normalized spacial score (nSPS) is 25.7. The van der Waals surface area contributed by atoms with Crippen LogP contribution in [0, 0.1) is 6.92 Å². The first-order valence-electron chi connectivity index (χ1n) is 4.85. The molecule has 1 aromatic heterocycles. The first kappa shape index (κ1) is 10.4. The largest absolute Gasteiger partial charge is 0.342 e. The smallest absolute Gasteiger partial charge is 0.185 e. The molecule has 1 aliphatic heterocycles. The van der Waals surface area contributed by atoms with Crippen molar-refractivity contribution in [2.24, 2.45) is 0 Å². The van der Waals surface area contributed by atoms with Gasteiger partial charge in [-0.15, -0.1) is 11.3 Å². The SMILES string of the molecule is Cc1csc(N2CCC(Br)C2(C)C)n1. The topological polar surface area (TPSA) is 16.1 Å². The van der Waals surface area contributed by atoms with Gasteiger partial charge in [0.1, 0.15) is 0 Å². The molecule has 0 saturated carbocycles. The van der Waals surface area contributed by atoms with Crippen LogP contribution in [0.4, 0.5) is 5.13 Å². The van der Waals surface area contributed by atoms with Crippen LogP contribution in [-0.4, -0.2) is 21.9 Å². The van der Waals surface area contributed by atoms with E-state index >= 15 is 0 Å². The van der Waals surface area contributed by atoms with Gasteiger partial charge in [0.05, 0.1) is 5.69 Å². The lowest BCUT2D eigenvalue weighted by molar-refractivity contribution is 0.533. The van der Waals surface area contributed by atoms with E-state index in [1.54, 1.807) is 11.3 Å². The van der Waals surface area contributed by atoms with Gasteiger partial charge >= 0.3 is 0 Å². The second-order valence-electron chi connectivity index (χ2n) is 4.33. The Labute approximate surface area is 97.5 Å². The average Bonchev–Trinajstić information content (AvgIpc) is 2.60. The Morgan fingerprint density at radius 2 is 2.36 bits per heavy atom. The number of halogens is 1. The molecule has 1 unspecified atom stereocenters. The van der Waals surface area contributed by atoms with Gasteiger partial charge < -0.3 is 4.90 Å². The van der Waals surface area contributed by atoms with E-state index in [1.807, 2.05) is 0 Å².